The van der Waals surface area contributed by atoms with Crippen LogP contribution in [-0.2, 0) is 9.53 Å². The Kier molecular flexibility index (Phi) is 6.10. The summed E-state index contributed by atoms with van der Waals surface area (Å²) in [6.45, 7) is 2.72. The summed E-state index contributed by atoms with van der Waals surface area (Å²) >= 11 is 5.63. The van der Waals surface area contributed by atoms with Gasteiger partial charge in [-0.1, -0.05) is 11.6 Å². The van der Waals surface area contributed by atoms with Crippen LogP contribution in [0, 0.1) is 5.82 Å². The molecule has 0 unspecified atom stereocenters. The number of urea groups is 1. The van der Waals surface area contributed by atoms with Gasteiger partial charge in [0.1, 0.15) is 5.82 Å². The van der Waals surface area contributed by atoms with Gasteiger partial charge in [-0.3, -0.25) is 10.1 Å². The van der Waals surface area contributed by atoms with Gasteiger partial charge in [0, 0.05) is 11.1 Å². The Hall–Kier alpha value is -2.15. The number of amides is 3. The second-order valence-corrected chi connectivity index (χ2v) is 4.81. The Morgan fingerprint density at radius 3 is 2.62 bits per heavy atom. The lowest BCUT2D eigenvalue weighted by molar-refractivity contribution is -0.123. The first-order valence-corrected chi connectivity index (χ1v) is 6.40. The predicted octanol–water partition coefficient (Wildman–Crippen LogP) is 1.87. The summed E-state index contributed by atoms with van der Waals surface area (Å²) in [5.74, 6) is -2.69. The Bertz CT molecular complexity index is 563. The molecule has 21 heavy (non-hydrogen) atoms. The van der Waals surface area contributed by atoms with Crippen molar-refractivity contribution >= 4 is 29.5 Å². The molecular weight excluding hydrogens is 303 g/mol. The van der Waals surface area contributed by atoms with E-state index in [4.69, 9.17) is 11.6 Å². The van der Waals surface area contributed by atoms with Crippen LogP contribution in [0.2, 0.25) is 5.02 Å². The van der Waals surface area contributed by atoms with Crippen LogP contribution >= 0.6 is 11.6 Å². The summed E-state index contributed by atoms with van der Waals surface area (Å²) in [4.78, 5) is 34.2. The van der Waals surface area contributed by atoms with Crippen LogP contribution < -0.4 is 10.6 Å². The molecule has 8 heteroatoms. The zero-order chi connectivity index (χ0) is 16.0. The summed E-state index contributed by atoms with van der Waals surface area (Å²) in [5, 5.41) is 4.54. The molecule has 0 spiro atoms. The fourth-order valence-electron chi connectivity index (χ4n) is 1.32. The number of ether oxygens (including phenoxy) is 1. The van der Waals surface area contributed by atoms with Gasteiger partial charge in [-0.05, 0) is 32.0 Å². The van der Waals surface area contributed by atoms with Crippen molar-refractivity contribution in [1.82, 2.24) is 10.6 Å². The molecule has 1 rings (SSSR count). The molecule has 0 aliphatic heterocycles. The molecule has 0 heterocycles. The highest BCUT2D eigenvalue weighted by Gasteiger charge is 2.16. The third-order valence-corrected chi connectivity index (χ3v) is 2.39. The SMILES string of the molecule is CC(C)NC(=O)NC(=O)COC(=O)c1cc(Cl)ccc1F. The molecule has 0 fully saturated rings. The third kappa shape index (κ3) is 5.78. The van der Waals surface area contributed by atoms with E-state index >= 15 is 0 Å². The Morgan fingerprint density at radius 1 is 1.33 bits per heavy atom. The van der Waals surface area contributed by atoms with Crippen molar-refractivity contribution in [1.29, 1.82) is 0 Å². The number of carbonyl (C=O) groups excluding carboxylic acids is 3. The van der Waals surface area contributed by atoms with Crippen LogP contribution in [0.15, 0.2) is 18.2 Å². The number of imide groups is 1. The van der Waals surface area contributed by atoms with Gasteiger partial charge in [0.2, 0.25) is 0 Å². The molecule has 0 aliphatic rings. The highest BCUT2D eigenvalue weighted by Crippen LogP contribution is 2.15. The Labute approximate surface area is 125 Å². The van der Waals surface area contributed by atoms with E-state index in [1.807, 2.05) is 5.32 Å². The number of halogens is 2. The number of rotatable bonds is 4. The van der Waals surface area contributed by atoms with Crippen molar-refractivity contribution < 1.29 is 23.5 Å². The first-order valence-electron chi connectivity index (χ1n) is 6.02. The van der Waals surface area contributed by atoms with Gasteiger partial charge in [-0.25, -0.2) is 14.0 Å². The maximum absolute atomic E-state index is 13.4. The van der Waals surface area contributed by atoms with Crippen LogP contribution in [0.3, 0.4) is 0 Å². The van der Waals surface area contributed by atoms with Gasteiger partial charge < -0.3 is 10.1 Å². The van der Waals surface area contributed by atoms with E-state index in [2.05, 4.69) is 10.1 Å². The molecule has 3 amide bonds. The van der Waals surface area contributed by atoms with Crippen LogP contribution in [0.25, 0.3) is 0 Å². The van der Waals surface area contributed by atoms with E-state index in [9.17, 15) is 18.8 Å². The fourth-order valence-corrected chi connectivity index (χ4v) is 1.50. The van der Waals surface area contributed by atoms with Crippen LogP contribution in [-0.4, -0.2) is 30.6 Å². The van der Waals surface area contributed by atoms with Gasteiger partial charge in [-0.2, -0.15) is 0 Å². The predicted molar refractivity (Wildman–Crippen MR) is 73.5 cm³/mol. The fraction of sp³-hybridized carbons (Fsp3) is 0.308. The van der Waals surface area contributed by atoms with Gasteiger partial charge >= 0.3 is 12.0 Å². The molecule has 0 atom stereocenters. The number of carbonyl (C=O) groups is 3. The standard InChI is InChI=1S/C13H14ClFN2O4/c1-7(2)16-13(20)17-11(18)6-21-12(19)9-5-8(14)3-4-10(9)15/h3-5,7H,6H2,1-2H3,(H2,16,17,18,20). The number of benzene rings is 1. The normalized spacial score (nSPS) is 10.1. The first kappa shape index (κ1) is 16.9. The second-order valence-electron chi connectivity index (χ2n) is 4.38. The number of esters is 1. The van der Waals surface area contributed by atoms with Crippen molar-refractivity contribution in [2.75, 3.05) is 6.61 Å². The lowest BCUT2D eigenvalue weighted by Gasteiger charge is -2.09. The van der Waals surface area contributed by atoms with Gasteiger partial charge in [0.05, 0.1) is 5.56 Å². The minimum Gasteiger partial charge on any atom is -0.452 e. The summed E-state index contributed by atoms with van der Waals surface area (Å²) in [5.41, 5.74) is -0.387. The van der Waals surface area contributed by atoms with Crippen LogP contribution in [0.5, 0.6) is 0 Å². The van der Waals surface area contributed by atoms with E-state index in [1.165, 1.54) is 6.07 Å². The third-order valence-electron chi connectivity index (χ3n) is 2.16. The molecule has 0 bridgehead atoms. The van der Waals surface area contributed by atoms with Gasteiger partial charge in [-0.15, -0.1) is 0 Å². The molecule has 6 nitrogen and oxygen atoms in total. The molecule has 0 aromatic heterocycles. The topological polar surface area (TPSA) is 84.5 Å². The molecule has 2 N–H and O–H groups in total. The number of hydrogen-bond donors (Lipinski definition) is 2. The lowest BCUT2D eigenvalue weighted by atomic mass is 10.2. The zero-order valence-corrected chi connectivity index (χ0v) is 12.2. The summed E-state index contributed by atoms with van der Waals surface area (Å²) in [7, 11) is 0. The minimum atomic E-state index is -1.05. The van der Waals surface area contributed by atoms with Crippen LogP contribution in [0.1, 0.15) is 24.2 Å². The van der Waals surface area contributed by atoms with E-state index < -0.39 is 30.3 Å². The van der Waals surface area contributed by atoms with Crippen molar-refractivity contribution in [3.8, 4) is 0 Å². The van der Waals surface area contributed by atoms with E-state index in [0.717, 1.165) is 12.1 Å². The summed E-state index contributed by atoms with van der Waals surface area (Å²) in [6, 6.07) is 2.51. The average molecular weight is 317 g/mol. The zero-order valence-electron chi connectivity index (χ0n) is 11.4. The molecule has 0 saturated carbocycles. The van der Waals surface area contributed by atoms with Crippen LogP contribution in [0.4, 0.5) is 9.18 Å². The van der Waals surface area contributed by atoms with Gasteiger partial charge in [0.15, 0.2) is 6.61 Å². The smallest absolute Gasteiger partial charge is 0.341 e. The van der Waals surface area contributed by atoms with E-state index in [0.29, 0.717) is 0 Å². The van der Waals surface area contributed by atoms with Crippen molar-refractivity contribution in [2.24, 2.45) is 0 Å². The first-order chi connectivity index (χ1) is 9.79. The maximum atomic E-state index is 13.4. The molecule has 114 valence electrons. The number of hydrogen-bond acceptors (Lipinski definition) is 4. The molecule has 0 radical (unpaired) electrons. The number of nitrogens with one attached hydrogen (secondary N) is 2. The van der Waals surface area contributed by atoms with E-state index in [1.54, 1.807) is 13.8 Å². The molecular formula is C13H14ClFN2O4. The lowest BCUT2D eigenvalue weighted by Crippen LogP contribution is -2.44. The maximum Gasteiger partial charge on any atom is 0.341 e. The van der Waals surface area contributed by atoms with Crippen molar-refractivity contribution in [3.05, 3.63) is 34.6 Å². The minimum absolute atomic E-state index is 0.152. The molecule has 0 aliphatic carbocycles. The van der Waals surface area contributed by atoms with Crippen molar-refractivity contribution in [2.45, 2.75) is 19.9 Å². The average Bonchev–Trinajstić information content (AvgIpc) is 2.37. The highest BCUT2D eigenvalue weighted by molar-refractivity contribution is 6.30. The summed E-state index contributed by atoms with van der Waals surface area (Å²) < 4.78 is 18.0. The quantitative estimate of drug-likeness (QED) is 0.831. The monoisotopic (exact) mass is 316 g/mol. The largest absolute Gasteiger partial charge is 0.452 e. The Balaban J connectivity index is 2.51. The molecule has 1 aromatic rings. The van der Waals surface area contributed by atoms with E-state index in [-0.39, 0.29) is 16.6 Å². The second kappa shape index (κ2) is 7.58. The molecule has 1 aromatic carbocycles. The summed E-state index contributed by atoms with van der Waals surface area (Å²) in [6.07, 6.45) is 0. The van der Waals surface area contributed by atoms with Crippen molar-refractivity contribution in [3.63, 3.8) is 0 Å². The highest BCUT2D eigenvalue weighted by atomic mass is 35.5. The Morgan fingerprint density at radius 2 is 2.00 bits per heavy atom. The van der Waals surface area contributed by atoms with Gasteiger partial charge in [0.25, 0.3) is 5.91 Å². The molecule has 0 saturated heterocycles.